The summed E-state index contributed by atoms with van der Waals surface area (Å²) in [6.45, 7) is 5.59. The lowest BCUT2D eigenvalue weighted by Crippen LogP contribution is -2.22. The second-order valence-electron chi connectivity index (χ2n) is 7.73. The van der Waals surface area contributed by atoms with E-state index in [0.717, 1.165) is 23.4 Å². The predicted molar refractivity (Wildman–Crippen MR) is 126 cm³/mol. The van der Waals surface area contributed by atoms with Gasteiger partial charge in [-0.15, -0.1) is 0 Å². The van der Waals surface area contributed by atoms with E-state index in [1.165, 1.54) is 0 Å². The quantitative estimate of drug-likeness (QED) is 0.417. The van der Waals surface area contributed by atoms with E-state index in [1.807, 2.05) is 78.9 Å². The van der Waals surface area contributed by atoms with E-state index in [4.69, 9.17) is 9.47 Å². The van der Waals surface area contributed by atoms with Gasteiger partial charge in [-0.1, -0.05) is 62.4 Å². The minimum Gasteiger partial charge on any atom is -0.494 e. The molecule has 0 aliphatic heterocycles. The summed E-state index contributed by atoms with van der Waals surface area (Å²) in [5.74, 6) is 1.91. The summed E-state index contributed by atoms with van der Waals surface area (Å²) >= 11 is 0. The second-order valence-corrected chi connectivity index (χ2v) is 7.73. The maximum atomic E-state index is 12.4. The minimum atomic E-state index is -0.141. The topological polar surface area (TPSA) is 59.6 Å². The highest BCUT2D eigenvalue weighted by Crippen LogP contribution is 2.25. The van der Waals surface area contributed by atoms with E-state index in [-0.39, 0.29) is 12.5 Å². The molecule has 0 bridgehead atoms. The Kier molecular flexibility index (Phi) is 8.35. The first-order valence-corrected chi connectivity index (χ1v) is 10.6. The highest BCUT2D eigenvalue weighted by Gasteiger charge is 2.07. The molecule has 0 spiro atoms. The summed E-state index contributed by atoms with van der Waals surface area (Å²) in [7, 11) is 0. The molecule has 3 rings (SSSR count). The molecule has 0 fully saturated rings. The molecular weight excluding hydrogens is 388 g/mol. The summed E-state index contributed by atoms with van der Waals surface area (Å²) in [6, 6.07) is 25.1. The van der Waals surface area contributed by atoms with Gasteiger partial charge in [0, 0.05) is 11.8 Å². The van der Waals surface area contributed by atoms with Crippen LogP contribution in [0.25, 0.3) is 0 Å². The molecule has 2 N–H and O–H groups in total. The molecule has 0 radical (unpaired) electrons. The maximum absolute atomic E-state index is 12.4. The molecule has 0 aliphatic rings. The van der Waals surface area contributed by atoms with Gasteiger partial charge in [-0.2, -0.15) is 0 Å². The molecule has 162 valence electrons. The Labute approximate surface area is 184 Å². The summed E-state index contributed by atoms with van der Waals surface area (Å²) in [5.41, 5.74) is 2.58. The van der Waals surface area contributed by atoms with Crippen LogP contribution in [0.2, 0.25) is 0 Å². The Morgan fingerprint density at radius 1 is 0.903 bits per heavy atom. The van der Waals surface area contributed by atoms with Crippen molar-refractivity contribution in [1.29, 1.82) is 0 Å². The molecule has 3 aromatic carbocycles. The number of hydrogen-bond donors (Lipinski definition) is 2. The first kappa shape index (κ1) is 22.2. The van der Waals surface area contributed by atoms with E-state index < -0.39 is 0 Å². The van der Waals surface area contributed by atoms with Crippen molar-refractivity contribution in [3.63, 3.8) is 0 Å². The van der Waals surface area contributed by atoms with E-state index in [1.54, 1.807) is 0 Å². The monoisotopic (exact) mass is 418 g/mol. The lowest BCUT2D eigenvalue weighted by Gasteiger charge is -2.14. The number of hydrogen-bond acceptors (Lipinski definition) is 4. The van der Waals surface area contributed by atoms with Crippen LogP contribution in [-0.2, 0) is 11.4 Å². The normalized spacial score (nSPS) is 10.5. The summed E-state index contributed by atoms with van der Waals surface area (Å²) < 4.78 is 11.7. The van der Waals surface area contributed by atoms with Crippen molar-refractivity contribution in [3.05, 3.63) is 84.4 Å². The molecule has 5 heteroatoms. The highest BCUT2D eigenvalue weighted by molar-refractivity contribution is 5.94. The summed E-state index contributed by atoms with van der Waals surface area (Å²) in [4.78, 5) is 12.4. The van der Waals surface area contributed by atoms with Crippen LogP contribution in [-0.4, -0.2) is 19.1 Å². The van der Waals surface area contributed by atoms with Gasteiger partial charge in [0.15, 0.2) is 0 Å². The van der Waals surface area contributed by atoms with Crippen LogP contribution in [0.5, 0.6) is 11.5 Å². The summed E-state index contributed by atoms with van der Waals surface area (Å²) in [6.07, 6.45) is 0.992. The van der Waals surface area contributed by atoms with Gasteiger partial charge in [0.05, 0.1) is 18.8 Å². The third kappa shape index (κ3) is 7.70. The van der Waals surface area contributed by atoms with Gasteiger partial charge >= 0.3 is 0 Å². The van der Waals surface area contributed by atoms with Crippen LogP contribution >= 0.6 is 0 Å². The zero-order valence-electron chi connectivity index (χ0n) is 18.1. The molecule has 5 nitrogen and oxygen atoms in total. The van der Waals surface area contributed by atoms with Gasteiger partial charge in [0.25, 0.3) is 0 Å². The number of anilines is 2. The molecule has 3 aromatic rings. The summed E-state index contributed by atoms with van der Waals surface area (Å²) in [5, 5.41) is 6.07. The Morgan fingerprint density at radius 3 is 2.48 bits per heavy atom. The van der Waals surface area contributed by atoms with Crippen molar-refractivity contribution in [3.8, 4) is 11.5 Å². The van der Waals surface area contributed by atoms with Gasteiger partial charge < -0.3 is 20.1 Å². The van der Waals surface area contributed by atoms with E-state index in [0.29, 0.717) is 30.6 Å². The minimum absolute atomic E-state index is 0.129. The molecule has 0 aromatic heterocycles. The van der Waals surface area contributed by atoms with Gasteiger partial charge in [0.2, 0.25) is 5.91 Å². The van der Waals surface area contributed by atoms with Crippen LogP contribution in [0.1, 0.15) is 25.8 Å². The fourth-order valence-electron chi connectivity index (χ4n) is 2.93. The first-order chi connectivity index (χ1) is 15.1. The van der Waals surface area contributed by atoms with Crippen LogP contribution in [0, 0.1) is 5.92 Å². The van der Waals surface area contributed by atoms with Gasteiger partial charge in [-0.25, -0.2) is 0 Å². The van der Waals surface area contributed by atoms with Crippen molar-refractivity contribution in [2.45, 2.75) is 26.9 Å². The lowest BCUT2D eigenvalue weighted by molar-refractivity contribution is -0.114. The number of carbonyl (C=O) groups is 1. The van der Waals surface area contributed by atoms with Crippen molar-refractivity contribution < 1.29 is 14.3 Å². The van der Waals surface area contributed by atoms with Crippen LogP contribution in [0.15, 0.2) is 78.9 Å². The lowest BCUT2D eigenvalue weighted by atomic mass is 10.1. The average molecular weight is 419 g/mol. The predicted octanol–water partition coefficient (Wildman–Crippen LogP) is 5.74. The zero-order valence-corrected chi connectivity index (χ0v) is 18.1. The maximum Gasteiger partial charge on any atom is 0.243 e. The fraction of sp³-hybridized carbons (Fsp3) is 0.269. The molecule has 0 heterocycles. The third-order valence-corrected chi connectivity index (χ3v) is 4.65. The smallest absolute Gasteiger partial charge is 0.243 e. The Balaban J connectivity index is 1.51. The number of carbonyl (C=O) groups excluding carboxylic acids is 1. The fourth-order valence-corrected chi connectivity index (χ4v) is 2.93. The third-order valence-electron chi connectivity index (χ3n) is 4.65. The van der Waals surface area contributed by atoms with E-state index >= 15 is 0 Å². The molecule has 31 heavy (non-hydrogen) atoms. The highest BCUT2D eigenvalue weighted by atomic mass is 16.5. The van der Waals surface area contributed by atoms with Crippen molar-refractivity contribution in [1.82, 2.24) is 0 Å². The number of para-hydroxylation sites is 2. The van der Waals surface area contributed by atoms with Crippen LogP contribution in [0.3, 0.4) is 0 Å². The standard InChI is InChI=1S/C26H30N2O3/c1-20(2)15-16-30-23-12-8-11-22(17-23)28-26(29)18-27-24-13-6-7-14-25(24)31-19-21-9-4-3-5-10-21/h3-14,17,20,27H,15-16,18-19H2,1-2H3,(H,28,29). The number of nitrogens with one attached hydrogen (secondary N) is 2. The molecular formula is C26H30N2O3. The van der Waals surface area contributed by atoms with Crippen molar-refractivity contribution in [2.75, 3.05) is 23.8 Å². The Hall–Kier alpha value is -3.47. The Bertz CT molecular complexity index is 958. The Morgan fingerprint density at radius 2 is 1.68 bits per heavy atom. The molecule has 0 saturated carbocycles. The van der Waals surface area contributed by atoms with Gasteiger partial charge in [-0.05, 0) is 42.2 Å². The molecule has 0 aliphatic carbocycles. The zero-order chi connectivity index (χ0) is 21.9. The first-order valence-electron chi connectivity index (χ1n) is 10.6. The average Bonchev–Trinajstić information content (AvgIpc) is 2.77. The molecule has 0 saturated heterocycles. The molecule has 0 unspecified atom stereocenters. The number of rotatable bonds is 11. The van der Waals surface area contributed by atoms with Gasteiger partial charge in [-0.3, -0.25) is 4.79 Å². The van der Waals surface area contributed by atoms with Crippen LogP contribution < -0.4 is 20.1 Å². The SMILES string of the molecule is CC(C)CCOc1cccc(NC(=O)CNc2ccccc2OCc2ccccc2)c1. The van der Waals surface area contributed by atoms with E-state index in [9.17, 15) is 4.79 Å². The van der Waals surface area contributed by atoms with Crippen molar-refractivity contribution in [2.24, 2.45) is 5.92 Å². The number of ether oxygens (including phenoxy) is 2. The van der Waals surface area contributed by atoms with Crippen LogP contribution in [0.4, 0.5) is 11.4 Å². The van der Waals surface area contributed by atoms with E-state index in [2.05, 4.69) is 24.5 Å². The number of benzene rings is 3. The number of amides is 1. The van der Waals surface area contributed by atoms with Gasteiger partial charge in [0.1, 0.15) is 18.1 Å². The largest absolute Gasteiger partial charge is 0.494 e. The van der Waals surface area contributed by atoms with Crippen molar-refractivity contribution >= 4 is 17.3 Å². The molecule has 0 atom stereocenters. The molecule has 1 amide bonds. The second kappa shape index (κ2) is 11.6.